The smallest absolute Gasteiger partial charge is 0.247 e. The molecule has 0 radical (unpaired) electrons. The molecule has 0 aliphatic rings. The molecule has 0 heterocycles. The minimum atomic E-state index is -0.242. The van der Waals surface area contributed by atoms with E-state index in [1.54, 1.807) is 7.11 Å². The van der Waals surface area contributed by atoms with Crippen molar-refractivity contribution in [1.82, 2.24) is 0 Å². The SMILES string of the molecule is C=CC(=O)Nc1ccccc1Nc1ccc(OC)cc1. The highest BCUT2D eigenvalue weighted by Crippen LogP contribution is 2.26. The number of nitrogens with one attached hydrogen (secondary N) is 2. The third kappa shape index (κ3) is 3.38. The first-order valence-corrected chi connectivity index (χ1v) is 6.16. The summed E-state index contributed by atoms with van der Waals surface area (Å²) >= 11 is 0. The summed E-state index contributed by atoms with van der Waals surface area (Å²) in [5, 5.41) is 6.01. The van der Waals surface area contributed by atoms with Crippen molar-refractivity contribution in [3.8, 4) is 5.75 Å². The van der Waals surface area contributed by atoms with Crippen molar-refractivity contribution >= 4 is 23.0 Å². The Morgan fingerprint density at radius 1 is 1.10 bits per heavy atom. The maximum absolute atomic E-state index is 11.4. The van der Waals surface area contributed by atoms with Crippen LogP contribution in [0.3, 0.4) is 0 Å². The molecule has 4 heteroatoms. The fourth-order valence-corrected chi connectivity index (χ4v) is 1.71. The van der Waals surface area contributed by atoms with Gasteiger partial charge in [0.15, 0.2) is 0 Å². The van der Waals surface area contributed by atoms with E-state index >= 15 is 0 Å². The van der Waals surface area contributed by atoms with Gasteiger partial charge in [0.1, 0.15) is 5.75 Å². The van der Waals surface area contributed by atoms with Gasteiger partial charge in [0, 0.05) is 5.69 Å². The second kappa shape index (κ2) is 6.43. The van der Waals surface area contributed by atoms with Crippen molar-refractivity contribution < 1.29 is 9.53 Å². The average molecular weight is 268 g/mol. The lowest BCUT2D eigenvalue weighted by Crippen LogP contribution is -2.09. The first-order chi connectivity index (χ1) is 9.72. The zero-order chi connectivity index (χ0) is 14.4. The Balaban J connectivity index is 2.19. The van der Waals surface area contributed by atoms with Crippen LogP contribution in [0.5, 0.6) is 5.75 Å². The molecule has 0 saturated carbocycles. The number of ether oxygens (including phenoxy) is 1. The standard InChI is InChI=1S/C16H16N2O2/c1-3-16(19)18-15-7-5-4-6-14(15)17-12-8-10-13(20-2)11-9-12/h3-11,17H,1H2,2H3,(H,18,19). The number of hydrogen-bond acceptors (Lipinski definition) is 3. The van der Waals surface area contributed by atoms with E-state index in [4.69, 9.17) is 4.74 Å². The Labute approximate surface area is 118 Å². The van der Waals surface area contributed by atoms with Crippen LogP contribution in [0.15, 0.2) is 61.2 Å². The number of hydrogen-bond donors (Lipinski definition) is 2. The molecule has 2 N–H and O–H groups in total. The van der Waals surface area contributed by atoms with Crippen LogP contribution in [0.4, 0.5) is 17.1 Å². The highest BCUT2D eigenvalue weighted by molar-refractivity contribution is 6.01. The largest absolute Gasteiger partial charge is 0.497 e. The van der Waals surface area contributed by atoms with Crippen molar-refractivity contribution in [2.45, 2.75) is 0 Å². The van der Waals surface area contributed by atoms with Crippen LogP contribution in [-0.4, -0.2) is 13.0 Å². The first kappa shape index (κ1) is 13.7. The summed E-state index contributed by atoms with van der Waals surface area (Å²) in [6.07, 6.45) is 1.24. The van der Waals surface area contributed by atoms with Gasteiger partial charge in [-0.1, -0.05) is 18.7 Å². The molecular weight excluding hydrogens is 252 g/mol. The van der Waals surface area contributed by atoms with E-state index < -0.39 is 0 Å². The van der Waals surface area contributed by atoms with E-state index in [0.29, 0.717) is 5.69 Å². The summed E-state index contributed by atoms with van der Waals surface area (Å²) < 4.78 is 5.11. The molecule has 0 bridgehead atoms. The summed E-state index contributed by atoms with van der Waals surface area (Å²) in [6, 6.07) is 15.0. The molecule has 0 fully saturated rings. The van der Waals surface area contributed by atoms with Gasteiger partial charge < -0.3 is 15.4 Å². The monoisotopic (exact) mass is 268 g/mol. The van der Waals surface area contributed by atoms with E-state index in [0.717, 1.165) is 17.1 Å². The molecule has 4 nitrogen and oxygen atoms in total. The first-order valence-electron chi connectivity index (χ1n) is 6.16. The molecule has 0 atom stereocenters. The Bertz CT molecular complexity index is 606. The van der Waals surface area contributed by atoms with Crippen LogP contribution < -0.4 is 15.4 Å². The lowest BCUT2D eigenvalue weighted by atomic mass is 10.2. The van der Waals surface area contributed by atoms with Gasteiger partial charge in [-0.2, -0.15) is 0 Å². The molecule has 102 valence electrons. The molecular formula is C16H16N2O2. The second-order valence-electron chi connectivity index (χ2n) is 4.09. The van der Waals surface area contributed by atoms with Crippen LogP contribution >= 0.6 is 0 Å². The van der Waals surface area contributed by atoms with Crippen LogP contribution in [0.1, 0.15) is 0 Å². The van der Waals surface area contributed by atoms with Gasteiger partial charge in [-0.05, 0) is 42.5 Å². The minimum Gasteiger partial charge on any atom is -0.497 e. The van der Waals surface area contributed by atoms with Crippen molar-refractivity contribution in [2.24, 2.45) is 0 Å². The fourth-order valence-electron chi connectivity index (χ4n) is 1.71. The van der Waals surface area contributed by atoms with Gasteiger partial charge in [0.25, 0.3) is 0 Å². The maximum atomic E-state index is 11.4. The van der Waals surface area contributed by atoms with Crippen molar-refractivity contribution in [3.63, 3.8) is 0 Å². The molecule has 1 amide bonds. The summed E-state index contributed by atoms with van der Waals surface area (Å²) in [5.41, 5.74) is 2.42. The van der Waals surface area contributed by atoms with Gasteiger partial charge >= 0.3 is 0 Å². The van der Waals surface area contributed by atoms with E-state index in [9.17, 15) is 4.79 Å². The lowest BCUT2D eigenvalue weighted by Gasteiger charge is -2.12. The van der Waals surface area contributed by atoms with Gasteiger partial charge in [-0.25, -0.2) is 0 Å². The number of anilines is 3. The molecule has 0 aliphatic heterocycles. The third-order valence-corrected chi connectivity index (χ3v) is 2.74. The third-order valence-electron chi connectivity index (χ3n) is 2.74. The molecule has 0 spiro atoms. The molecule has 0 aliphatic carbocycles. The van der Waals surface area contributed by atoms with Crippen LogP contribution in [0.2, 0.25) is 0 Å². The number of rotatable bonds is 5. The van der Waals surface area contributed by atoms with Gasteiger partial charge in [0.05, 0.1) is 18.5 Å². The average Bonchev–Trinajstić information content (AvgIpc) is 2.50. The zero-order valence-corrected chi connectivity index (χ0v) is 11.2. The number of para-hydroxylation sites is 2. The normalized spacial score (nSPS) is 9.65. The summed E-state index contributed by atoms with van der Waals surface area (Å²) in [5.74, 6) is 0.553. The maximum Gasteiger partial charge on any atom is 0.247 e. The van der Waals surface area contributed by atoms with E-state index in [2.05, 4.69) is 17.2 Å². The molecule has 20 heavy (non-hydrogen) atoms. The van der Waals surface area contributed by atoms with Crippen molar-refractivity contribution in [2.75, 3.05) is 17.7 Å². The number of methoxy groups -OCH3 is 1. The minimum absolute atomic E-state index is 0.242. The Morgan fingerprint density at radius 2 is 1.75 bits per heavy atom. The topological polar surface area (TPSA) is 50.4 Å². The van der Waals surface area contributed by atoms with E-state index in [-0.39, 0.29) is 5.91 Å². The van der Waals surface area contributed by atoms with E-state index in [1.807, 2.05) is 48.5 Å². The number of carbonyl (C=O) groups is 1. The highest BCUT2D eigenvalue weighted by atomic mass is 16.5. The molecule has 0 aromatic heterocycles. The Morgan fingerprint density at radius 3 is 2.35 bits per heavy atom. The summed E-state index contributed by atoms with van der Waals surface area (Å²) in [6.45, 7) is 3.44. The van der Waals surface area contributed by atoms with Crippen molar-refractivity contribution in [3.05, 3.63) is 61.2 Å². The lowest BCUT2D eigenvalue weighted by molar-refractivity contribution is -0.111. The fraction of sp³-hybridized carbons (Fsp3) is 0.0625. The number of carbonyl (C=O) groups excluding carboxylic acids is 1. The highest BCUT2D eigenvalue weighted by Gasteiger charge is 2.04. The Kier molecular flexibility index (Phi) is 4.39. The Hall–Kier alpha value is -2.75. The van der Waals surface area contributed by atoms with Crippen molar-refractivity contribution in [1.29, 1.82) is 0 Å². The van der Waals surface area contributed by atoms with Crippen LogP contribution in [-0.2, 0) is 4.79 Å². The number of benzene rings is 2. The molecule has 2 aromatic rings. The molecule has 2 rings (SSSR count). The number of amides is 1. The quantitative estimate of drug-likeness (QED) is 0.815. The van der Waals surface area contributed by atoms with Crippen LogP contribution in [0, 0.1) is 0 Å². The summed E-state index contributed by atoms with van der Waals surface area (Å²) in [7, 11) is 1.63. The van der Waals surface area contributed by atoms with Gasteiger partial charge in [-0.3, -0.25) is 4.79 Å². The van der Waals surface area contributed by atoms with E-state index in [1.165, 1.54) is 6.08 Å². The molecule has 2 aromatic carbocycles. The summed E-state index contributed by atoms with van der Waals surface area (Å²) in [4.78, 5) is 11.4. The van der Waals surface area contributed by atoms with Gasteiger partial charge in [0.2, 0.25) is 5.91 Å². The van der Waals surface area contributed by atoms with Crippen LogP contribution in [0.25, 0.3) is 0 Å². The van der Waals surface area contributed by atoms with Gasteiger partial charge in [-0.15, -0.1) is 0 Å². The second-order valence-corrected chi connectivity index (χ2v) is 4.09. The molecule has 0 saturated heterocycles. The zero-order valence-electron chi connectivity index (χ0n) is 11.2. The predicted octanol–water partition coefficient (Wildman–Crippen LogP) is 3.56. The predicted molar refractivity (Wildman–Crippen MR) is 81.5 cm³/mol. The molecule has 0 unspecified atom stereocenters.